The molecule has 8 nitrogen and oxygen atoms in total. The number of hydrogen-bond donors (Lipinski definition) is 0. The van der Waals surface area contributed by atoms with Gasteiger partial charge in [-0.25, -0.2) is 5.06 Å². The Labute approximate surface area is 169 Å². The number of carbonyl (C=O) groups excluding carboxylic acids is 3. The first-order valence-electron chi connectivity index (χ1n) is 10.1. The predicted octanol–water partition coefficient (Wildman–Crippen LogP) is 1.32. The zero-order chi connectivity index (χ0) is 20.6. The summed E-state index contributed by atoms with van der Waals surface area (Å²) in [5.74, 6) is -0.505. The van der Waals surface area contributed by atoms with Crippen LogP contribution in [0.25, 0.3) is 0 Å². The highest BCUT2D eigenvalue weighted by atomic mass is 16.7. The maximum absolute atomic E-state index is 13.0. The number of hydrogen-bond acceptors (Lipinski definition) is 6. The Morgan fingerprint density at radius 2 is 1.93 bits per heavy atom. The van der Waals surface area contributed by atoms with Gasteiger partial charge in [-0.3, -0.25) is 19.2 Å². The molecular formula is C21H26N2O6. The van der Waals surface area contributed by atoms with Gasteiger partial charge in [-0.15, -0.1) is 0 Å². The van der Waals surface area contributed by atoms with Crippen LogP contribution in [0.5, 0.6) is 5.75 Å². The van der Waals surface area contributed by atoms with E-state index in [1.54, 1.807) is 11.8 Å². The average molecular weight is 402 g/mol. The first-order chi connectivity index (χ1) is 14.0. The summed E-state index contributed by atoms with van der Waals surface area (Å²) in [6.45, 7) is 3.00. The molecule has 0 aromatic heterocycles. The summed E-state index contributed by atoms with van der Waals surface area (Å²) in [5.41, 5.74) is 0.269. The van der Waals surface area contributed by atoms with Crippen LogP contribution in [0.1, 0.15) is 31.7 Å². The Hall–Kier alpha value is -2.61. The molecule has 29 heavy (non-hydrogen) atoms. The van der Waals surface area contributed by atoms with Crippen LogP contribution in [-0.4, -0.2) is 66.2 Å². The number of hydroxylamine groups is 2. The van der Waals surface area contributed by atoms with Crippen LogP contribution in [0.4, 0.5) is 0 Å². The smallest absolute Gasteiger partial charge is 0.311 e. The topological polar surface area (TPSA) is 85.4 Å². The molecule has 2 amide bonds. The van der Waals surface area contributed by atoms with E-state index in [4.69, 9.17) is 14.3 Å². The third-order valence-corrected chi connectivity index (χ3v) is 6.27. The number of fused-ring (bicyclic) bond motifs is 1. The molecular weight excluding hydrogens is 376 g/mol. The van der Waals surface area contributed by atoms with E-state index in [1.807, 2.05) is 24.3 Å². The number of esters is 1. The molecule has 0 saturated carbocycles. The zero-order valence-corrected chi connectivity index (χ0v) is 16.8. The number of para-hydroxylation sites is 1. The van der Waals surface area contributed by atoms with Crippen molar-refractivity contribution >= 4 is 17.8 Å². The number of piperidine rings is 1. The Kier molecular flexibility index (Phi) is 5.21. The van der Waals surface area contributed by atoms with Crippen molar-refractivity contribution in [3.05, 3.63) is 29.8 Å². The first kappa shape index (κ1) is 19.7. The van der Waals surface area contributed by atoms with Crippen molar-refractivity contribution in [1.29, 1.82) is 0 Å². The van der Waals surface area contributed by atoms with Gasteiger partial charge in [-0.05, 0) is 31.4 Å². The number of carbonyl (C=O) groups is 3. The van der Waals surface area contributed by atoms with Crippen LogP contribution in [-0.2, 0) is 30.4 Å². The fraction of sp³-hybridized carbons (Fsp3) is 0.571. The van der Waals surface area contributed by atoms with E-state index in [9.17, 15) is 14.4 Å². The van der Waals surface area contributed by atoms with Crippen LogP contribution >= 0.6 is 0 Å². The minimum atomic E-state index is -0.767. The summed E-state index contributed by atoms with van der Waals surface area (Å²) < 4.78 is 10.8. The molecule has 8 heteroatoms. The quantitative estimate of drug-likeness (QED) is 0.707. The maximum atomic E-state index is 13.0. The number of likely N-dealkylation sites (tertiary alicyclic amines) is 1. The molecule has 4 rings (SSSR count). The van der Waals surface area contributed by atoms with Gasteiger partial charge in [0.2, 0.25) is 5.91 Å². The number of methoxy groups -OCH3 is 1. The number of rotatable bonds is 4. The fourth-order valence-electron chi connectivity index (χ4n) is 4.80. The van der Waals surface area contributed by atoms with Gasteiger partial charge < -0.3 is 14.4 Å². The van der Waals surface area contributed by atoms with Crippen molar-refractivity contribution in [3.8, 4) is 5.75 Å². The van der Waals surface area contributed by atoms with Gasteiger partial charge in [-0.2, -0.15) is 0 Å². The van der Waals surface area contributed by atoms with Gasteiger partial charge in [0.25, 0.3) is 5.91 Å². The monoisotopic (exact) mass is 402 g/mol. The Bertz CT molecular complexity index is 792. The highest BCUT2D eigenvalue weighted by molar-refractivity contribution is 5.88. The molecule has 2 fully saturated rings. The number of amides is 2. The summed E-state index contributed by atoms with van der Waals surface area (Å²) >= 11 is 0. The van der Waals surface area contributed by atoms with E-state index in [0.29, 0.717) is 39.0 Å². The molecule has 3 aliphatic rings. The molecule has 3 heterocycles. The van der Waals surface area contributed by atoms with Gasteiger partial charge in [0.15, 0.2) is 6.10 Å². The molecule has 1 spiro atoms. The van der Waals surface area contributed by atoms with E-state index in [0.717, 1.165) is 11.3 Å². The normalized spacial score (nSPS) is 25.1. The van der Waals surface area contributed by atoms with Crippen molar-refractivity contribution in [2.45, 2.75) is 44.2 Å². The number of benzene rings is 1. The second-order valence-electron chi connectivity index (χ2n) is 7.73. The minimum Gasteiger partial charge on any atom is -0.480 e. The van der Waals surface area contributed by atoms with Gasteiger partial charge in [-0.1, -0.05) is 18.2 Å². The molecule has 1 aromatic rings. The van der Waals surface area contributed by atoms with Crippen LogP contribution in [0, 0.1) is 5.92 Å². The summed E-state index contributed by atoms with van der Waals surface area (Å²) in [5, 5.41) is 1.37. The molecule has 156 valence electrons. The Morgan fingerprint density at radius 1 is 1.21 bits per heavy atom. The molecule has 2 saturated heterocycles. The predicted molar refractivity (Wildman–Crippen MR) is 102 cm³/mol. The standard InChI is InChI=1S/C21H26N2O6/c1-3-28-23-18(24)13-15(20(26)27-2)21(23)8-10-22(11-9-21)19(25)17-12-14-6-4-5-7-16(14)29-17/h4-7,15,17H,3,8-13H2,1-2H3. The molecule has 0 N–H and O–H groups in total. The van der Waals surface area contributed by atoms with Gasteiger partial charge in [0, 0.05) is 25.9 Å². The van der Waals surface area contributed by atoms with E-state index in [2.05, 4.69) is 0 Å². The molecule has 2 atom stereocenters. The second kappa shape index (κ2) is 7.67. The van der Waals surface area contributed by atoms with Gasteiger partial charge in [0.1, 0.15) is 5.75 Å². The first-order valence-corrected chi connectivity index (χ1v) is 10.1. The molecule has 0 bridgehead atoms. The zero-order valence-electron chi connectivity index (χ0n) is 16.8. The van der Waals surface area contributed by atoms with Crippen LogP contribution < -0.4 is 4.74 Å². The largest absolute Gasteiger partial charge is 0.480 e. The van der Waals surface area contributed by atoms with E-state index < -0.39 is 23.5 Å². The SMILES string of the molecule is CCON1C(=O)CC(C(=O)OC)C12CCN(C(=O)C1Cc3ccccc3O1)CC2. The molecule has 0 radical (unpaired) electrons. The minimum absolute atomic E-state index is 0.0575. The Balaban J connectivity index is 1.47. The summed E-state index contributed by atoms with van der Waals surface area (Å²) in [6.07, 6.45) is 1.03. The molecule has 0 aliphatic carbocycles. The lowest BCUT2D eigenvalue weighted by Crippen LogP contribution is -2.59. The van der Waals surface area contributed by atoms with Crippen LogP contribution in [0.3, 0.4) is 0 Å². The van der Waals surface area contributed by atoms with Crippen LogP contribution in [0.15, 0.2) is 24.3 Å². The third kappa shape index (κ3) is 3.25. The lowest BCUT2D eigenvalue weighted by Gasteiger charge is -2.45. The maximum Gasteiger partial charge on any atom is 0.311 e. The van der Waals surface area contributed by atoms with Gasteiger partial charge >= 0.3 is 5.97 Å². The molecule has 3 aliphatic heterocycles. The summed E-state index contributed by atoms with van der Waals surface area (Å²) in [4.78, 5) is 45.3. The third-order valence-electron chi connectivity index (χ3n) is 6.27. The number of nitrogens with zero attached hydrogens (tertiary/aromatic N) is 2. The highest BCUT2D eigenvalue weighted by Gasteiger charge is 2.58. The molecule has 2 unspecified atom stereocenters. The number of ether oxygens (including phenoxy) is 2. The van der Waals surface area contributed by atoms with Crippen molar-refractivity contribution < 1.29 is 28.7 Å². The van der Waals surface area contributed by atoms with Crippen molar-refractivity contribution in [2.24, 2.45) is 5.92 Å². The van der Waals surface area contributed by atoms with E-state index >= 15 is 0 Å². The second-order valence-corrected chi connectivity index (χ2v) is 7.73. The summed E-state index contributed by atoms with van der Waals surface area (Å²) in [6, 6.07) is 7.67. The van der Waals surface area contributed by atoms with Gasteiger partial charge in [0.05, 0.1) is 25.2 Å². The average Bonchev–Trinajstić information content (AvgIpc) is 3.29. The van der Waals surface area contributed by atoms with Crippen molar-refractivity contribution in [1.82, 2.24) is 9.96 Å². The lowest BCUT2D eigenvalue weighted by atomic mass is 9.77. The van der Waals surface area contributed by atoms with Crippen LogP contribution in [0.2, 0.25) is 0 Å². The summed E-state index contributed by atoms with van der Waals surface area (Å²) in [7, 11) is 1.33. The van der Waals surface area contributed by atoms with E-state index in [-0.39, 0.29) is 18.2 Å². The fourth-order valence-corrected chi connectivity index (χ4v) is 4.80. The van der Waals surface area contributed by atoms with E-state index in [1.165, 1.54) is 12.2 Å². The highest BCUT2D eigenvalue weighted by Crippen LogP contribution is 2.44. The molecule has 1 aromatic carbocycles. The van der Waals surface area contributed by atoms with Crippen molar-refractivity contribution in [3.63, 3.8) is 0 Å². The Morgan fingerprint density at radius 3 is 2.59 bits per heavy atom. The lowest BCUT2D eigenvalue weighted by molar-refractivity contribution is -0.221. The van der Waals surface area contributed by atoms with Crippen molar-refractivity contribution in [2.75, 3.05) is 26.8 Å².